The van der Waals surface area contributed by atoms with Crippen molar-refractivity contribution in [1.82, 2.24) is 9.55 Å². The predicted octanol–water partition coefficient (Wildman–Crippen LogP) is 4.78. The van der Waals surface area contributed by atoms with E-state index >= 15 is 0 Å². The van der Waals surface area contributed by atoms with E-state index in [2.05, 4.69) is 10.3 Å². The van der Waals surface area contributed by atoms with Gasteiger partial charge >= 0.3 is 0 Å². The van der Waals surface area contributed by atoms with E-state index in [9.17, 15) is 4.79 Å². The van der Waals surface area contributed by atoms with Gasteiger partial charge in [-0.05, 0) is 36.4 Å². The van der Waals surface area contributed by atoms with Crippen molar-refractivity contribution < 1.29 is 0 Å². The third-order valence-corrected chi connectivity index (χ3v) is 4.10. The van der Waals surface area contributed by atoms with Crippen molar-refractivity contribution in [3.63, 3.8) is 0 Å². The minimum atomic E-state index is -0.107. The van der Waals surface area contributed by atoms with Crippen LogP contribution in [0.2, 0.25) is 5.15 Å². The number of para-hydroxylation sites is 2. The van der Waals surface area contributed by atoms with Crippen molar-refractivity contribution in [3.05, 3.63) is 94.2 Å². The Morgan fingerprint density at radius 2 is 1.56 bits per heavy atom. The minimum Gasteiger partial charge on any atom is -0.341 e. The molecule has 0 fully saturated rings. The zero-order valence-corrected chi connectivity index (χ0v) is 13.9. The molecule has 2 aromatic carbocycles. The Labute approximate surface area is 149 Å². The summed E-state index contributed by atoms with van der Waals surface area (Å²) in [4.78, 5) is 17.0. The number of halogens is 1. The monoisotopic (exact) mass is 347 g/mol. The van der Waals surface area contributed by atoms with Crippen molar-refractivity contribution in [1.29, 1.82) is 0 Å². The topological polar surface area (TPSA) is 46.9 Å². The number of pyridine rings is 2. The molecule has 0 bridgehead atoms. The fourth-order valence-corrected chi connectivity index (χ4v) is 2.91. The first kappa shape index (κ1) is 15.4. The molecule has 0 aliphatic rings. The van der Waals surface area contributed by atoms with E-state index in [1.54, 1.807) is 18.2 Å². The number of nitrogens with zero attached hydrogens (tertiary/aromatic N) is 2. The largest absolute Gasteiger partial charge is 0.341 e. The van der Waals surface area contributed by atoms with Crippen LogP contribution in [0.1, 0.15) is 0 Å². The van der Waals surface area contributed by atoms with Crippen LogP contribution in [0.4, 0.5) is 11.5 Å². The van der Waals surface area contributed by atoms with Crippen LogP contribution in [0.3, 0.4) is 0 Å². The summed E-state index contributed by atoms with van der Waals surface area (Å²) in [6.07, 6.45) is 0. The van der Waals surface area contributed by atoms with Gasteiger partial charge in [0.25, 0.3) is 0 Å². The molecule has 0 spiro atoms. The molecule has 0 unspecified atom stereocenters. The Morgan fingerprint density at radius 1 is 0.880 bits per heavy atom. The molecule has 0 aliphatic carbocycles. The van der Waals surface area contributed by atoms with Crippen LogP contribution in [0.5, 0.6) is 0 Å². The third kappa shape index (κ3) is 2.99. The van der Waals surface area contributed by atoms with E-state index in [1.807, 2.05) is 65.2 Å². The molecule has 25 heavy (non-hydrogen) atoms. The highest BCUT2D eigenvalue weighted by molar-refractivity contribution is 6.29. The lowest BCUT2D eigenvalue weighted by Crippen LogP contribution is -2.13. The number of fused-ring (bicyclic) bond motifs is 1. The molecule has 0 aliphatic heterocycles. The van der Waals surface area contributed by atoms with Gasteiger partial charge in [-0.1, -0.05) is 48.0 Å². The lowest BCUT2D eigenvalue weighted by molar-refractivity contribution is 1.07. The molecule has 0 saturated carbocycles. The van der Waals surface area contributed by atoms with Gasteiger partial charge in [-0.15, -0.1) is 0 Å². The Kier molecular flexibility index (Phi) is 3.96. The van der Waals surface area contributed by atoms with E-state index in [0.717, 1.165) is 11.4 Å². The molecule has 0 radical (unpaired) electrons. The van der Waals surface area contributed by atoms with Gasteiger partial charge in [-0.2, -0.15) is 0 Å². The molecule has 0 saturated heterocycles. The number of nitrogens with one attached hydrogen (secondary N) is 1. The van der Waals surface area contributed by atoms with Crippen LogP contribution in [0.25, 0.3) is 16.7 Å². The van der Waals surface area contributed by atoms with E-state index < -0.39 is 0 Å². The van der Waals surface area contributed by atoms with Crippen molar-refractivity contribution in [2.24, 2.45) is 0 Å². The van der Waals surface area contributed by atoms with E-state index in [4.69, 9.17) is 11.6 Å². The predicted molar refractivity (Wildman–Crippen MR) is 102 cm³/mol. The highest BCUT2D eigenvalue weighted by Gasteiger charge is 2.13. The minimum absolute atomic E-state index is 0.107. The van der Waals surface area contributed by atoms with Crippen molar-refractivity contribution in [2.45, 2.75) is 0 Å². The summed E-state index contributed by atoms with van der Waals surface area (Å²) in [6, 6.07) is 24.4. The number of rotatable bonds is 3. The van der Waals surface area contributed by atoms with Crippen LogP contribution in [0.15, 0.2) is 83.7 Å². The molecular formula is C20H14ClN3O. The fraction of sp³-hybridized carbons (Fsp3) is 0. The highest BCUT2D eigenvalue weighted by atomic mass is 35.5. The van der Waals surface area contributed by atoms with Crippen LogP contribution in [0, 0.1) is 0 Å². The van der Waals surface area contributed by atoms with Crippen LogP contribution in [-0.2, 0) is 0 Å². The van der Waals surface area contributed by atoms with E-state index in [0.29, 0.717) is 22.0 Å². The average molecular weight is 348 g/mol. The molecule has 4 aromatic rings. The molecule has 4 nitrogen and oxygen atoms in total. The highest BCUT2D eigenvalue weighted by Crippen LogP contribution is 2.24. The van der Waals surface area contributed by atoms with Gasteiger partial charge < -0.3 is 5.32 Å². The summed E-state index contributed by atoms with van der Waals surface area (Å²) in [5.74, 6) is 0.629. The van der Waals surface area contributed by atoms with Crippen molar-refractivity contribution >= 4 is 34.1 Å². The first-order chi connectivity index (χ1) is 12.2. The second-order valence-corrected chi connectivity index (χ2v) is 5.95. The summed E-state index contributed by atoms with van der Waals surface area (Å²) in [6.45, 7) is 0. The summed E-state index contributed by atoms with van der Waals surface area (Å²) in [7, 11) is 0. The van der Waals surface area contributed by atoms with Gasteiger partial charge in [0.15, 0.2) is 11.1 Å². The molecule has 1 N–H and O–H groups in total. The molecule has 2 aromatic heterocycles. The van der Waals surface area contributed by atoms with Gasteiger partial charge in [-0.3, -0.25) is 9.36 Å². The van der Waals surface area contributed by atoms with Crippen molar-refractivity contribution in [3.8, 4) is 5.69 Å². The zero-order chi connectivity index (χ0) is 17.2. The normalized spacial score (nSPS) is 10.8. The first-order valence-corrected chi connectivity index (χ1v) is 8.20. The number of hydrogen-bond donors (Lipinski definition) is 1. The molecule has 122 valence electrons. The number of aromatic nitrogens is 2. The Morgan fingerprint density at radius 3 is 2.28 bits per heavy atom. The Bertz CT molecular complexity index is 1090. The molecule has 4 rings (SSSR count). The summed E-state index contributed by atoms with van der Waals surface area (Å²) >= 11 is 6.10. The zero-order valence-electron chi connectivity index (χ0n) is 13.2. The second-order valence-electron chi connectivity index (χ2n) is 5.56. The van der Waals surface area contributed by atoms with Crippen LogP contribution in [-0.4, -0.2) is 9.55 Å². The van der Waals surface area contributed by atoms with Crippen LogP contribution < -0.4 is 10.7 Å². The number of anilines is 2. The van der Waals surface area contributed by atoms with Gasteiger partial charge in [0.05, 0.1) is 5.39 Å². The van der Waals surface area contributed by atoms with E-state index in [-0.39, 0.29) is 5.43 Å². The van der Waals surface area contributed by atoms with Gasteiger partial charge in [-0.25, -0.2) is 4.98 Å². The third-order valence-electron chi connectivity index (χ3n) is 3.89. The SMILES string of the molecule is O=c1cc(Nc2ccccc2)n(-c2ccccc2)c2nc(Cl)ccc12. The summed E-state index contributed by atoms with van der Waals surface area (Å²) in [5, 5.41) is 4.16. The quantitative estimate of drug-likeness (QED) is 0.542. The first-order valence-electron chi connectivity index (χ1n) is 7.82. The van der Waals surface area contributed by atoms with Gasteiger partial charge in [0, 0.05) is 17.4 Å². The lowest BCUT2D eigenvalue weighted by Gasteiger charge is -2.17. The maximum absolute atomic E-state index is 12.5. The average Bonchev–Trinajstić information content (AvgIpc) is 2.63. The van der Waals surface area contributed by atoms with Crippen LogP contribution >= 0.6 is 11.6 Å². The smallest absolute Gasteiger partial charge is 0.193 e. The summed E-state index contributed by atoms with van der Waals surface area (Å²) < 4.78 is 1.90. The van der Waals surface area contributed by atoms with Gasteiger partial charge in [0.1, 0.15) is 11.0 Å². The van der Waals surface area contributed by atoms with Crippen molar-refractivity contribution in [2.75, 3.05) is 5.32 Å². The Balaban J connectivity index is 2.03. The molecule has 0 atom stereocenters. The second kappa shape index (κ2) is 6.42. The lowest BCUT2D eigenvalue weighted by atomic mass is 10.2. The van der Waals surface area contributed by atoms with E-state index in [1.165, 1.54) is 0 Å². The number of hydrogen-bond acceptors (Lipinski definition) is 3. The molecule has 2 heterocycles. The molecule has 5 heteroatoms. The summed E-state index contributed by atoms with van der Waals surface area (Å²) in [5.41, 5.74) is 2.18. The molecule has 0 amide bonds. The fourth-order valence-electron chi connectivity index (χ4n) is 2.77. The maximum atomic E-state index is 12.5. The Hall–Kier alpha value is -3.11. The maximum Gasteiger partial charge on any atom is 0.193 e. The van der Waals surface area contributed by atoms with Gasteiger partial charge in [0.2, 0.25) is 0 Å². The standard InChI is InChI=1S/C20H14ClN3O/c21-18-12-11-16-17(25)13-19(22-14-7-3-1-4-8-14)24(20(16)23-18)15-9-5-2-6-10-15/h1-13,22H. The molecular weight excluding hydrogens is 334 g/mol. The number of benzene rings is 2.